The van der Waals surface area contributed by atoms with Crippen LogP contribution < -0.4 is 0 Å². The fourth-order valence-corrected chi connectivity index (χ4v) is 0.900. The third-order valence-corrected chi connectivity index (χ3v) is 4.02. The summed E-state index contributed by atoms with van der Waals surface area (Å²) in [5, 5.41) is 34.2. The molecular formula is C4H16O7P2. The second kappa shape index (κ2) is 9.15. The summed E-state index contributed by atoms with van der Waals surface area (Å²) in [4.78, 5) is 21.7. The van der Waals surface area contributed by atoms with Crippen LogP contribution in [0.15, 0.2) is 0 Å². The zero-order valence-electron chi connectivity index (χ0n) is 6.91. The van der Waals surface area contributed by atoms with Gasteiger partial charge in [-0.3, -0.25) is 0 Å². The van der Waals surface area contributed by atoms with Gasteiger partial charge >= 0.3 is 61.7 Å². The molecule has 0 amide bonds. The van der Waals surface area contributed by atoms with Crippen molar-refractivity contribution in [1.82, 2.24) is 0 Å². The first-order valence-electron chi connectivity index (χ1n) is 3.28. The zero-order valence-corrected chi connectivity index (χ0v) is 8.80. The van der Waals surface area contributed by atoms with Crippen molar-refractivity contribution in [3.05, 3.63) is 0 Å². The first-order valence-corrected chi connectivity index (χ1v) is 7.31. The molecule has 0 bridgehead atoms. The van der Waals surface area contributed by atoms with Gasteiger partial charge in [0.15, 0.2) is 0 Å². The molecule has 0 rings (SSSR count). The first kappa shape index (κ1) is 16.0. The van der Waals surface area contributed by atoms with Gasteiger partial charge in [0.25, 0.3) is 0 Å². The van der Waals surface area contributed by atoms with Gasteiger partial charge in [-0.05, 0) is 0 Å². The number of hydrogen-bond acceptors (Lipinski definition) is 7. The fourth-order valence-electron chi connectivity index (χ4n) is 0.300. The molecule has 0 aromatic heterocycles. The Bertz CT molecular complexity index is 86.4. The van der Waals surface area contributed by atoms with Gasteiger partial charge in [-0.25, -0.2) is 0 Å². The van der Waals surface area contributed by atoms with Gasteiger partial charge in [-0.15, -0.1) is 0 Å². The summed E-state index contributed by atoms with van der Waals surface area (Å²) in [7, 11) is -5.09. The van der Waals surface area contributed by atoms with Crippen molar-refractivity contribution in [2.24, 2.45) is 0 Å². The van der Waals surface area contributed by atoms with Crippen molar-refractivity contribution in [2.75, 3.05) is 25.4 Å². The summed E-state index contributed by atoms with van der Waals surface area (Å²) in [6.45, 7) is 0. The molecule has 13 heavy (non-hydrogen) atoms. The molecule has 0 aliphatic rings. The number of aliphatic hydroxyl groups is 4. The average molecular weight is 238 g/mol. The molecule has 0 radical (unpaired) electrons. The molecular weight excluding hydrogens is 222 g/mol. The number of hydrogen-bond donors (Lipinski definition) is 7. The number of rotatable bonds is 4. The second-order valence-corrected chi connectivity index (χ2v) is 7.20. The van der Waals surface area contributed by atoms with Crippen LogP contribution in [0.2, 0.25) is 0 Å². The molecule has 0 saturated carbocycles. The van der Waals surface area contributed by atoms with E-state index in [0.29, 0.717) is 0 Å². The third-order valence-electron chi connectivity index (χ3n) is 1.34. The molecule has 0 aromatic carbocycles. The van der Waals surface area contributed by atoms with Crippen molar-refractivity contribution >= 4 is 15.9 Å². The van der Waals surface area contributed by atoms with E-state index in [1.54, 1.807) is 0 Å². The Hall–Kier alpha value is 0.580. The van der Waals surface area contributed by atoms with E-state index in [2.05, 4.69) is 0 Å². The van der Waals surface area contributed by atoms with Crippen LogP contribution in [0.4, 0.5) is 0 Å². The Balaban J connectivity index is 0. The summed E-state index contributed by atoms with van der Waals surface area (Å²) in [6, 6.07) is 0. The third kappa shape index (κ3) is 8.90. The Morgan fingerprint density at radius 3 is 0.846 bits per heavy atom. The maximum Gasteiger partial charge on any atom is 0.324 e. The quantitative estimate of drug-likeness (QED) is 0.274. The molecule has 0 spiro atoms. The molecule has 7 N–H and O–H groups in total. The van der Waals surface area contributed by atoms with E-state index in [9.17, 15) is 0 Å². The normalized spacial score (nSPS) is 12.3. The van der Waals surface area contributed by atoms with Gasteiger partial charge in [0.2, 0.25) is 0 Å². The monoisotopic (exact) mass is 238 g/mol. The molecule has 0 aliphatic heterocycles. The van der Waals surface area contributed by atoms with Gasteiger partial charge in [0.1, 0.15) is 0 Å². The zero-order chi connectivity index (χ0) is 10.9. The van der Waals surface area contributed by atoms with Gasteiger partial charge in [-0.2, -0.15) is 0 Å². The molecule has 0 fully saturated rings. The van der Waals surface area contributed by atoms with Crippen LogP contribution in [0.25, 0.3) is 0 Å². The predicted molar refractivity (Wildman–Crippen MR) is 50.2 cm³/mol. The van der Waals surface area contributed by atoms with Crippen molar-refractivity contribution in [1.29, 1.82) is 0 Å². The van der Waals surface area contributed by atoms with E-state index in [1.807, 2.05) is 0 Å². The fraction of sp³-hybridized carbons (Fsp3) is 1.00. The molecule has 0 saturated heterocycles. The van der Waals surface area contributed by atoms with Crippen molar-refractivity contribution in [3.63, 3.8) is 0 Å². The summed E-state index contributed by atoms with van der Waals surface area (Å²) in [5.74, 6) is 0. The van der Waals surface area contributed by atoms with Crippen LogP contribution in [0.3, 0.4) is 0 Å². The van der Waals surface area contributed by atoms with Gasteiger partial charge in [-0.1, -0.05) is 0 Å². The van der Waals surface area contributed by atoms with Crippen LogP contribution in [0.1, 0.15) is 0 Å². The molecule has 7 nitrogen and oxygen atoms in total. The summed E-state index contributed by atoms with van der Waals surface area (Å²) >= 11 is 0. The molecule has 0 aliphatic carbocycles. The smallest absolute Gasteiger partial charge is 0.324 e. The van der Waals surface area contributed by atoms with E-state index in [4.69, 9.17) is 35.1 Å². The summed E-state index contributed by atoms with van der Waals surface area (Å²) < 4.78 is 0. The molecule has 0 unspecified atom stereocenters. The Kier molecular flexibility index (Phi) is 11.3. The van der Waals surface area contributed by atoms with Crippen LogP contribution in [-0.4, -0.2) is 60.5 Å². The topological polar surface area (TPSA) is 142 Å². The molecule has 0 atom stereocenters. The maximum atomic E-state index is 8.56. The Morgan fingerprint density at radius 2 is 0.846 bits per heavy atom. The van der Waals surface area contributed by atoms with E-state index in [1.165, 1.54) is 0 Å². The van der Waals surface area contributed by atoms with Gasteiger partial charge < -0.3 is 14.7 Å². The summed E-state index contributed by atoms with van der Waals surface area (Å²) in [6.07, 6.45) is -1.07. The largest absolute Gasteiger partial charge is 0.328 e. The first-order chi connectivity index (χ1) is 5.97. The van der Waals surface area contributed by atoms with E-state index in [-0.39, 0.29) is 25.4 Å². The average Bonchev–Trinajstić information content (AvgIpc) is 2.09. The second-order valence-electron chi connectivity index (χ2n) is 2.40. The van der Waals surface area contributed by atoms with E-state index in [0.717, 1.165) is 0 Å². The number of aliphatic hydroxyl groups excluding tert-OH is 4. The van der Waals surface area contributed by atoms with E-state index >= 15 is 0 Å². The Morgan fingerprint density at radius 1 is 0.692 bits per heavy atom. The molecule has 9 heteroatoms. The van der Waals surface area contributed by atoms with Crippen LogP contribution in [0, 0.1) is 0 Å². The Labute approximate surface area is 77.2 Å². The minimum atomic E-state index is -2.62. The van der Waals surface area contributed by atoms with Gasteiger partial charge in [0.05, 0.1) is 0 Å². The maximum absolute atomic E-state index is 8.56. The minimum Gasteiger partial charge on any atom is -0.328 e. The predicted octanol–water partition coefficient (Wildman–Crippen LogP) is -2.27. The van der Waals surface area contributed by atoms with Crippen LogP contribution >= 0.6 is 15.9 Å². The van der Waals surface area contributed by atoms with Crippen LogP contribution in [0.5, 0.6) is 0 Å². The van der Waals surface area contributed by atoms with Gasteiger partial charge in [0, 0.05) is 0 Å². The summed E-state index contributed by atoms with van der Waals surface area (Å²) in [5.41, 5.74) is 0. The minimum absolute atomic E-state index is 0.267. The SMILES string of the molecule is OC[PH](CO)(CO)CO.OP(O)O. The van der Waals surface area contributed by atoms with Crippen molar-refractivity contribution < 1.29 is 35.1 Å². The molecule has 84 valence electrons. The van der Waals surface area contributed by atoms with Crippen molar-refractivity contribution in [2.45, 2.75) is 0 Å². The van der Waals surface area contributed by atoms with Crippen molar-refractivity contribution in [3.8, 4) is 0 Å². The molecule has 0 heterocycles. The standard InChI is InChI=1S/C4H13O4P.H3O3P/c5-1-9(2-6,3-7)4-8;1-4(2)3/h5-9H,1-4H2;1-3H. The van der Waals surface area contributed by atoms with Crippen LogP contribution in [-0.2, 0) is 0 Å². The molecule has 0 aromatic rings. The van der Waals surface area contributed by atoms with E-state index < -0.39 is 15.9 Å².